The molecule has 43 heavy (non-hydrogen) atoms. The van der Waals surface area contributed by atoms with Gasteiger partial charge in [0.2, 0.25) is 10.0 Å². The molecule has 0 aromatic carbocycles. The largest absolute Gasteiger partial charge is 0.434 e. The zero-order valence-electron chi connectivity index (χ0n) is 23.4. The first kappa shape index (κ1) is 30.6. The maximum absolute atomic E-state index is 13.5. The van der Waals surface area contributed by atoms with Crippen LogP contribution < -0.4 is 20.3 Å². The van der Waals surface area contributed by atoms with Crippen LogP contribution in [0, 0.1) is 0 Å². The van der Waals surface area contributed by atoms with E-state index in [2.05, 4.69) is 35.4 Å². The number of carbonyl (C=O) groups excluding carboxylic acids is 2. The molecule has 3 aromatic rings. The molecule has 2 saturated heterocycles. The van der Waals surface area contributed by atoms with Crippen LogP contribution in [0.25, 0.3) is 21.7 Å². The summed E-state index contributed by atoms with van der Waals surface area (Å²) in [5, 5.41) is 6.03. The molecule has 5 heterocycles. The summed E-state index contributed by atoms with van der Waals surface area (Å²) in [6, 6.07) is 2.50. The summed E-state index contributed by atoms with van der Waals surface area (Å²) >= 11 is 0.763. The number of likely N-dealkylation sites (tertiary alicyclic amines) is 1. The number of nitrogens with zero attached hydrogens (tertiary/aromatic N) is 5. The van der Waals surface area contributed by atoms with Gasteiger partial charge in [-0.1, -0.05) is 0 Å². The summed E-state index contributed by atoms with van der Waals surface area (Å²) in [6.45, 7) is 3.58. The molecule has 5 rings (SSSR count). The van der Waals surface area contributed by atoms with Crippen LogP contribution in [0.15, 0.2) is 29.9 Å². The maximum atomic E-state index is 13.5. The van der Waals surface area contributed by atoms with Gasteiger partial charge >= 0.3 is 12.2 Å². The molecule has 3 amide bonds. The number of carbonyl (C=O) groups is 2. The van der Waals surface area contributed by atoms with E-state index in [1.165, 1.54) is 24.5 Å². The second-order valence-electron chi connectivity index (χ2n) is 10.4. The Morgan fingerprint density at radius 1 is 1.07 bits per heavy atom. The molecule has 12 nitrogen and oxygen atoms in total. The van der Waals surface area contributed by atoms with Crippen LogP contribution in [0.1, 0.15) is 35.8 Å². The Morgan fingerprint density at radius 3 is 2.37 bits per heavy atom. The molecular formula is C26H29F3N8O4S2. The van der Waals surface area contributed by atoms with E-state index in [9.17, 15) is 31.2 Å². The third-order valence-corrected chi connectivity index (χ3v) is 8.55. The van der Waals surface area contributed by atoms with E-state index in [1.54, 1.807) is 6.92 Å². The average molecular weight is 639 g/mol. The Hall–Kier alpha value is -3.83. The number of nitrogens with one attached hydrogen (secondary N) is 3. The van der Waals surface area contributed by atoms with Crippen molar-refractivity contribution in [1.29, 1.82) is 0 Å². The number of pyridine rings is 2. The molecule has 230 valence electrons. The van der Waals surface area contributed by atoms with Crippen molar-refractivity contribution < 1.29 is 31.2 Å². The number of alkyl halides is 3. The van der Waals surface area contributed by atoms with Gasteiger partial charge in [-0.3, -0.25) is 10.1 Å². The highest BCUT2D eigenvalue weighted by atomic mass is 32.2. The number of urea groups is 1. The van der Waals surface area contributed by atoms with Crippen LogP contribution in [0.4, 0.5) is 29.6 Å². The van der Waals surface area contributed by atoms with Crippen molar-refractivity contribution >= 4 is 44.9 Å². The number of halogens is 3. The van der Waals surface area contributed by atoms with Gasteiger partial charge in [-0.05, 0) is 38.9 Å². The molecule has 2 unspecified atom stereocenters. The molecule has 0 spiro atoms. The van der Waals surface area contributed by atoms with Crippen molar-refractivity contribution in [2.45, 2.75) is 38.0 Å². The minimum Gasteiger partial charge on any atom is -0.348 e. The van der Waals surface area contributed by atoms with E-state index < -0.39 is 33.8 Å². The molecule has 2 aliphatic heterocycles. The predicted octanol–water partition coefficient (Wildman–Crippen LogP) is 3.40. The first-order valence-corrected chi connectivity index (χ1v) is 16.1. The van der Waals surface area contributed by atoms with E-state index in [4.69, 9.17) is 0 Å². The monoisotopic (exact) mass is 638 g/mol. The van der Waals surface area contributed by atoms with Crippen molar-refractivity contribution in [3.05, 3.63) is 41.2 Å². The van der Waals surface area contributed by atoms with Crippen molar-refractivity contribution in [2.75, 3.05) is 43.2 Å². The minimum absolute atomic E-state index is 0.00182. The lowest BCUT2D eigenvalue weighted by Crippen LogP contribution is -2.53. The number of rotatable bonds is 7. The van der Waals surface area contributed by atoms with Crippen LogP contribution in [-0.4, -0.2) is 85.2 Å². The molecule has 2 bridgehead atoms. The summed E-state index contributed by atoms with van der Waals surface area (Å²) in [7, 11) is -1.87. The predicted molar refractivity (Wildman–Crippen MR) is 155 cm³/mol. The molecule has 2 atom stereocenters. The summed E-state index contributed by atoms with van der Waals surface area (Å²) in [4.78, 5) is 42.2. The minimum atomic E-state index is -4.68. The SMILES string of the molecule is CCNC(=O)Nc1cc(-c2nc(C(F)(F)F)cs2)c(-c2cc(C(=O)NS(C)(=O)=O)cnc2N2C3CCC2CN(C)C3)cn1. The first-order chi connectivity index (χ1) is 20.2. The van der Waals surface area contributed by atoms with Crippen LogP contribution in [0.3, 0.4) is 0 Å². The van der Waals surface area contributed by atoms with Crippen molar-refractivity contribution in [2.24, 2.45) is 0 Å². The number of thiazole rings is 1. The van der Waals surface area contributed by atoms with E-state index >= 15 is 0 Å². The standard InChI is InChI=1S/C26H29F3N8O4S2/c1-4-30-25(39)34-21-8-18(24-33-20(13-42-24)26(27,28)29)19(10-31-21)17-7-14(23(38)35-43(3,40)41)9-32-22(17)37-15-5-6-16(37)12-36(2)11-15/h7-10,13,15-16H,4-6,11-12H2,1-3H3,(H,35,38)(H2,30,31,34,39). The highest BCUT2D eigenvalue weighted by Crippen LogP contribution is 2.44. The van der Waals surface area contributed by atoms with Gasteiger partial charge in [0, 0.05) is 66.2 Å². The molecule has 0 aliphatic carbocycles. The van der Waals surface area contributed by atoms with Crippen LogP contribution >= 0.6 is 11.3 Å². The van der Waals surface area contributed by atoms with E-state index in [0.717, 1.165) is 48.9 Å². The number of hydrogen-bond acceptors (Lipinski definition) is 10. The summed E-state index contributed by atoms with van der Waals surface area (Å²) in [6.07, 6.45) is 0.615. The molecule has 3 aromatic heterocycles. The van der Waals surface area contributed by atoms with Crippen molar-refractivity contribution in [3.8, 4) is 21.7 Å². The maximum Gasteiger partial charge on any atom is 0.434 e. The lowest BCUT2D eigenvalue weighted by molar-refractivity contribution is -0.140. The van der Waals surface area contributed by atoms with Gasteiger partial charge in [0.15, 0.2) is 5.69 Å². The van der Waals surface area contributed by atoms with Gasteiger partial charge in [0.25, 0.3) is 5.91 Å². The smallest absolute Gasteiger partial charge is 0.348 e. The highest BCUT2D eigenvalue weighted by molar-refractivity contribution is 7.89. The number of anilines is 2. The van der Waals surface area contributed by atoms with Gasteiger partial charge in [-0.25, -0.2) is 32.9 Å². The Balaban J connectivity index is 1.70. The Bertz CT molecular complexity index is 1650. The molecular weight excluding hydrogens is 609 g/mol. The Kier molecular flexibility index (Phi) is 8.32. The lowest BCUT2D eigenvalue weighted by Gasteiger charge is -2.41. The van der Waals surface area contributed by atoms with Crippen molar-refractivity contribution in [3.63, 3.8) is 0 Å². The summed E-state index contributed by atoms with van der Waals surface area (Å²) in [5.74, 6) is -0.369. The summed E-state index contributed by atoms with van der Waals surface area (Å²) in [5.41, 5.74) is -0.272. The third-order valence-electron chi connectivity index (χ3n) is 7.11. The molecule has 2 fully saturated rings. The van der Waals surface area contributed by atoms with E-state index in [0.29, 0.717) is 23.5 Å². The van der Waals surface area contributed by atoms with E-state index in [-0.39, 0.29) is 34.0 Å². The quantitative estimate of drug-likeness (QED) is 0.354. The molecule has 17 heteroatoms. The van der Waals surface area contributed by atoms with Crippen LogP contribution in [0.2, 0.25) is 0 Å². The Morgan fingerprint density at radius 2 is 1.77 bits per heavy atom. The summed E-state index contributed by atoms with van der Waals surface area (Å²) < 4.78 is 66.1. The topological polar surface area (TPSA) is 150 Å². The zero-order valence-corrected chi connectivity index (χ0v) is 25.0. The molecule has 0 radical (unpaired) electrons. The number of piperazine rings is 1. The van der Waals surface area contributed by atoms with E-state index in [1.807, 2.05) is 11.8 Å². The lowest BCUT2D eigenvalue weighted by atomic mass is 9.99. The Labute approximate surface area is 249 Å². The third kappa shape index (κ3) is 6.73. The second-order valence-corrected chi connectivity index (χ2v) is 13.1. The van der Waals surface area contributed by atoms with Gasteiger partial charge in [-0.15, -0.1) is 11.3 Å². The van der Waals surface area contributed by atoms with Crippen LogP contribution in [0.5, 0.6) is 0 Å². The van der Waals surface area contributed by atoms with Gasteiger partial charge < -0.3 is 15.1 Å². The normalized spacial score (nSPS) is 18.9. The fraction of sp³-hybridized carbons (Fsp3) is 0.423. The first-order valence-electron chi connectivity index (χ1n) is 13.3. The number of hydrogen-bond donors (Lipinski definition) is 3. The zero-order chi connectivity index (χ0) is 31.1. The number of amides is 3. The number of aromatic nitrogens is 3. The fourth-order valence-electron chi connectivity index (χ4n) is 5.44. The molecule has 0 saturated carbocycles. The average Bonchev–Trinajstić information content (AvgIpc) is 3.51. The van der Waals surface area contributed by atoms with Crippen LogP contribution in [-0.2, 0) is 16.2 Å². The number of fused-ring (bicyclic) bond motifs is 2. The van der Waals surface area contributed by atoms with Gasteiger partial charge in [-0.2, -0.15) is 13.2 Å². The molecule has 2 aliphatic rings. The molecule has 3 N–H and O–H groups in total. The second kappa shape index (κ2) is 11.7. The number of likely N-dealkylation sites (N-methyl/N-ethyl adjacent to an activating group) is 1. The highest BCUT2D eigenvalue weighted by Gasteiger charge is 2.41. The van der Waals surface area contributed by atoms with Crippen molar-refractivity contribution in [1.82, 2.24) is 29.9 Å². The number of sulfonamides is 1. The van der Waals surface area contributed by atoms with Gasteiger partial charge in [0.1, 0.15) is 16.6 Å². The van der Waals surface area contributed by atoms with Gasteiger partial charge in [0.05, 0.1) is 11.8 Å². The fourth-order valence-corrected chi connectivity index (χ4v) is 6.75.